The van der Waals surface area contributed by atoms with E-state index in [9.17, 15) is 0 Å². The van der Waals surface area contributed by atoms with Gasteiger partial charge in [-0.3, -0.25) is 5.41 Å². The van der Waals surface area contributed by atoms with E-state index >= 15 is 0 Å². The van der Waals surface area contributed by atoms with Crippen LogP contribution in [0.3, 0.4) is 0 Å². The van der Waals surface area contributed by atoms with Gasteiger partial charge in [-0.15, -0.1) is 0 Å². The number of ether oxygens (including phenoxy) is 1. The molecule has 0 saturated heterocycles. The summed E-state index contributed by atoms with van der Waals surface area (Å²) in [7, 11) is 0. The predicted octanol–water partition coefficient (Wildman–Crippen LogP) is 3.76. The van der Waals surface area contributed by atoms with Gasteiger partial charge in [0.2, 0.25) is 5.88 Å². The van der Waals surface area contributed by atoms with Crippen LogP contribution in [0.5, 0.6) is 11.6 Å². The van der Waals surface area contributed by atoms with Crippen LogP contribution in [0.1, 0.15) is 37.5 Å². The number of nitrogen functional groups attached to an aromatic ring is 1. The summed E-state index contributed by atoms with van der Waals surface area (Å²) in [4.78, 5) is 4.21. The number of amidine groups is 1. The highest BCUT2D eigenvalue weighted by Gasteiger charge is 2.19. The van der Waals surface area contributed by atoms with Gasteiger partial charge in [0, 0.05) is 23.4 Å². The maximum atomic E-state index is 7.37. The average Bonchev–Trinajstić information content (AvgIpc) is 2.38. The van der Waals surface area contributed by atoms with Crippen LogP contribution in [0.4, 0.5) is 0 Å². The monoisotopic (exact) mass is 283 g/mol. The Morgan fingerprint density at radius 1 is 1.19 bits per heavy atom. The molecule has 0 radical (unpaired) electrons. The summed E-state index contributed by atoms with van der Waals surface area (Å²) in [6.07, 6.45) is 1.55. The molecule has 110 valence electrons. The fourth-order valence-electron chi connectivity index (χ4n) is 2.05. The summed E-state index contributed by atoms with van der Waals surface area (Å²) in [5.41, 5.74) is 8.26. The summed E-state index contributed by atoms with van der Waals surface area (Å²) in [6, 6.07) is 9.65. The number of benzene rings is 1. The van der Waals surface area contributed by atoms with E-state index in [1.807, 2.05) is 13.0 Å². The molecule has 4 nitrogen and oxygen atoms in total. The Morgan fingerprint density at radius 2 is 1.90 bits per heavy atom. The fraction of sp³-hybridized carbons (Fsp3) is 0.294. The van der Waals surface area contributed by atoms with Crippen molar-refractivity contribution in [1.82, 2.24) is 4.98 Å². The van der Waals surface area contributed by atoms with E-state index < -0.39 is 0 Å². The van der Waals surface area contributed by atoms with E-state index in [-0.39, 0.29) is 11.3 Å². The molecule has 0 amide bonds. The molecule has 0 saturated carbocycles. The second kappa shape index (κ2) is 5.56. The third-order valence-electron chi connectivity index (χ3n) is 3.21. The van der Waals surface area contributed by atoms with Crippen molar-refractivity contribution < 1.29 is 4.74 Å². The van der Waals surface area contributed by atoms with Crippen LogP contribution in [0, 0.1) is 12.3 Å². The molecular formula is C17H21N3O. The lowest BCUT2D eigenvalue weighted by Gasteiger charge is -2.22. The van der Waals surface area contributed by atoms with Crippen molar-refractivity contribution in [2.75, 3.05) is 0 Å². The summed E-state index contributed by atoms with van der Waals surface area (Å²) in [5, 5.41) is 7.37. The molecular weight excluding hydrogens is 262 g/mol. The van der Waals surface area contributed by atoms with E-state index in [0.717, 1.165) is 16.9 Å². The Kier molecular flexibility index (Phi) is 3.98. The molecule has 0 bridgehead atoms. The lowest BCUT2D eigenvalue weighted by Crippen LogP contribution is -2.13. The quantitative estimate of drug-likeness (QED) is 0.665. The number of hydrogen-bond acceptors (Lipinski definition) is 3. The second-order valence-electron chi connectivity index (χ2n) is 6.15. The molecule has 4 heteroatoms. The highest BCUT2D eigenvalue weighted by atomic mass is 16.5. The summed E-state index contributed by atoms with van der Waals surface area (Å²) >= 11 is 0. The minimum absolute atomic E-state index is 0.0000129. The van der Waals surface area contributed by atoms with Gasteiger partial charge in [0.1, 0.15) is 11.6 Å². The van der Waals surface area contributed by atoms with E-state index in [2.05, 4.69) is 37.9 Å². The van der Waals surface area contributed by atoms with E-state index in [1.54, 1.807) is 18.3 Å². The zero-order chi connectivity index (χ0) is 15.6. The number of rotatable bonds is 3. The standard InChI is InChI=1S/C17H21N3O/c1-11-5-7-13(17(2,3)4)14(9-11)21-15-8-6-12(10-20-15)16(18)19/h5-10H,1-4H3,(H3,18,19). The van der Waals surface area contributed by atoms with Crippen LogP contribution in [0.2, 0.25) is 0 Å². The summed E-state index contributed by atoms with van der Waals surface area (Å²) < 4.78 is 5.93. The molecule has 1 heterocycles. The van der Waals surface area contributed by atoms with Gasteiger partial charge in [-0.25, -0.2) is 4.98 Å². The van der Waals surface area contributed by atoms with Crippen LogP contribution in [0.15, 0.2) is 36.5 Å². The van der Waals surface area contributed by atoms with Crippen molar-refractivity contribution in [2.24, 2.45) is 5.73 Å². The van der Waals surface area contributed by atoms with Crippen molar-refractivity contribution in [3.05, 3.63) is 53.2 Å². The van der Waals surface area contributed by atoms with Crippen molar-refractivity contribution in [1.29, 1.82) is 5.41 Å². The Bertz CT molecular complexity index is 655. The number of aromatic nitrogens is 1. The SMILES string of the molecule is Cc1ccc(C(C)(C)C)c(Oc2ccc(C(=N)N)cn2)c1. The number of nitrogens with zero attached hydrogens (tertiary/aromatic N) is 1. The third kappa shape index (κ3) is 3.60. The molecule has 0 fully saturated rings. The van der Waals surface area contributed by atoms with Crippen LogP contribution in [0.25, 0.3) is 0 Å². The van der Waals surface area contributed by atoms with Gasteiger partial charge in [-0.1, -0.05) is 32.9 Å². The van der Waals surface area contributed by atoms with Gasteiger partial charge in [0.15, 0.2) is 0 Å². The minimum Gasteiger partial charge on any atom is -0.439 e. The van der Waals surface area contributed by atoms with Gasteiger partial charge in [-0.2, -0.15) is 0 Å². The molecule has 0 aliphatic carbocycles. The second-order valence-corrected chi connectivity index (χ2v) is 6.15. The first-order chi connectivity index (χ1) is 9.77. The van der Waals surface area contributed by atoms with Crippen LogP contribution < -0.4 is 10.5 Å². The zero-order valence-electron chi connectivity index (χ0n) is 12.9. The van der Waals surface area contributed by atoms with Gasteiger partial charge >= 0.3 is 0 Å². The molecule has 0 aliphatic rings. The molecule has 1 aromatic heterocycles. The average molecular weight is 283 g/mol. The van der Waals surface area contributed by atoms with Gasteiger partial charge < -0.3 is 10.5 Å². The topological polar surface area (TPSA) is 72.0 Å². The lowest BCUT2D eigenvalue weighted by atomic mass is 9.86. The molecule has 3 N–H and O–H groups in total. The summed E-state index contributed by atoms with van der Waals surface area (Å²) in [5.74, 6) is 1.31. The molecule has 1 aromatic carbocycles. The van der Waals surface area contributed by atoms with Crippen molar-refractivity contribution in [2.45, 2.75) is 33.1 Å². The molecule has 0 aliphatic heterocycles. The van der Waals surface area contributed by atoms with Crippen LogP contribution in [-0.2, 0) is 5.41 Å². The maximum absolute atomic E-state index is 7.37. The van der Waals surface area contributed by atoms with Gasteiger partial charge in [0.25, 0.3) is 0 Å². The molecule has 0 atom stereocenters. The number of nitrogens with one attached hydrogen (secondary N) is 1. The van der Waals surface area contributed by atoms with Crippen LogP contribution >= 0.6 is 0 Å². The summed E-state index contributed by atoms with van der Waals surface area (Å²) in [6.45, 7) is 8.48. The molecule has 0 unspecified atom stereocenters. The largest absolute Gasteiger partial charge is 0.439 e. The Hall–Kier alpha value is -2.36. The number of aryl methyl sites for hydroxylation is 1. The highest BCUT2D eigenvalue weighted by Crippen LogP contribution is 2.34. The smallest absolute Gasteiger partial charge is 0.219 e. The zero-order valence-corrected chi connectivity index (χ0v) is 12.9. The molecule has 21 heavy (non-hydrogen) atoms. The molecule has 2 aromatic rings. The lowest BCUT2D eigenvalue weighted by molar-refractivity contribution is 0.439. The van der Waals surface area contributed by atoms with Gasteiger partial charge in [0.05, 0.1) is 0 Å². The first-order valence-corrected chi connectivity index (χ1v) is 6.87. The predicted molar refractivity (Wildman–Crippen MR) is 85.2 cm³/mol. The van der Waals surface area contributed by atoms with Crippen molar-refractivity contribution in [3.63, 3.8) is 0 Å². The van der Waals surface area contributed by atoms with Crippen LogP contribution in [-0.4, -0.2) is 10.8 Å². The normalized spacial score (nSPS) is 11.2. The Balaban J connectivity index is 2.34. The fourth-order valence-corrected chi connectivity index (χ4v) is 2.05. The number of hydrogen-bond donors (Lipinski definition) is 2. The molecule has 2 rings (SSSR count). The van der Waals surface area contributed by atoms with E-state index in [4.69, 9.17) is 15.9 Å². The number of nitrogens with two attached hydrogens (primary N) is 1. The molecule has 0 spiro atoms. The van der Waals surface area contributed by atoms with E-state index in [0.29, 0.717) is 11.4 Å². The minimum atomic E-state index is -0.0115. The first-order valence-electron chi connectivity index (χ1n) is 6.87. The first kappa shape index (κ1) is 15.0. The Morgan fingerprint density at radius 3 is 2.43 bits per heavy atom. The number of pyridine rings is 1. The third-order valence-corrected chi connectivity index (χ3v) is 3.21. The highest BCUT2D eigenvalue weighted by molar-refractivity contribution is 5.94. The van der Waals surface area contributed by atoms with Crippen molar-refractivity contribution in [3.8, 4) is 11.6 Å². The Labute approximate surface area is 125 Å². The van der Waals surface area contributed by atoms with E-state index in [1.165, 1.54) is 0 Å². The van der Waals surface area contributed by atoms with Crippen molar-refractivity contribution >= 4 is 5.84 Å². The van der Waals surface area contributed by atoms with Gasteiger partial charge in [-0.05, 0) is 30.0 Å². The maximum Gasteiger partial charge on any atom is 0.219 e.